The van der Waals surface area contributed by atoms with Crippen LogP contribution in [0.2, 0.25) is 0 Å². The molecule has 1 aromatic rings. The van der Waals surface area contributed by atoms with Gasteiger partial charge in [0, 0.05) is 5.69 Å². The zero-order chi connectivity index (χ0) is 11.0. The van der Waals surface area contributed by atoms with Crippen molar-refractivity contribution in [2.24, 2.45) is 0 Å². The first-order valence-corrected chi connectivity index (χ1v) is 4.47. The Labute approximate surface area is 104 Å². The molecule has 15 heavy (non-hydrogen) atoms. The largest absolute Gasteiger partial charge is 2.00 e. The Kier molecular flexibility index (Phi) is 10.7. The van der Waals surface area contributed by atoms with E-state index >= 15 is 0 Å². The molecule has 0 bridgehead atoms. The minimum Gasteiger partial charge on any atom is -0.351 e. The van der Waals surface area contributed by atoms with Crippen LogP contribution in [0.25, 0.3) is 0 Å². The minimum absolute atomic E-state index is 0. The second-order valence-electron chi connectivity index (χ2n) is 3.41. The van der Waals surface area contributed by atoms with Crippen LogP contribution in [0.1, 0.15) is 20.8 Å². The summed E-state index contributed by atoms with van der Waals surface area (Å²) in [6.07, 6.45) is 0. The summed E-state index contributed by atoms with van der Waals surface area (Å²) >= 11 is 0. The van der Waals surface area contributed by atoms with E-state index in [1.165, 1.54) is 5.92 Å². The zero-order valence-corrected chi connectivity index (χ0v) is 10.8. The first-order valence-electron chi connectivity index (χ1n) is 4.47. The number of para-hydroxylation sites is 1. The van der Waals surface area contributed by atoms with Crippen molar-refractivity contribution < 1.29 is 23.4 Å². The van der Waals surface area contributed by atoms with Gasteiger partial charge in [0.15, 0.2) is 0 Å². The molecule has 0 saturated heterocycles. The van der Waals surface area contributed by atoms with E-state index in [4.69, 9.17) is 0 Å². The molecule has 0 fully saturated rings. The molecule has 81 valence electrons. The van der Waals surface area contributed by atoms with Crippen LogP contribution in [-0.4, -0.2) is 5.91 Å². The molecular formula is C12H17NOV. The van der Waals surface area contributed by atoms with Crippen LogP contribution in [0, 0.1) is 12.8 Å². The van der Waals surface area contributed by atoms with Gasteiger partial charge in [-0.3, -0.25) is 0 Å². The van der Waals surface area contributed by atoms with Gasteiger partial charge in [-0.2, -0.15) is 20.8 Å². The molecule has 1 amide bonds. The van der Waals surface area contributed by atoms with Crippen LogP contribution >= 0.6 is 0 Å². The Morgan fingerprint density at radius 1 is 1.20 bits per heavy atom. The van der Waals surface area contributed by atoms with Gasteiger partial charge in [0.2, 0.25) is 0 Å². The number of carbonyl (C=O) groups is 1. The van der Waals surface area contributed by atoms with Gasteiger partial charge in [0.1, 0.15) is 0 Å². The monoisotopic (exact) mass is 242 g/mol. The molecule has 0 heterocycles. The van der Waals surface area contributed by atoms with Crippen molar-refractivity contribution in [3.8, 4) is 0 Å². The normalized spacial score (nSPS) is 8.27. The number of amides is 1. The molecule has 3 heteroatoms. The summed E-state index contributed by atoms with van der Waals surface area (Å²) in [5, 5.41) is 2.55. The molecule has 0 aliphatic carbocycles. The fourth-order valence-corrected chi connectivity index (χ4v) is 0.682. The van der Waals surface area contributed by atoms with Crippen LogP contribution in [0.4, 0.5) is 5.69 Å². The number of anilines is 1. The summed E-state index contributed by atoms with van der Waals surface area (Å²) in [6, 6.07) is 9.21. The second-order valence-corrected chi connectivity index (χ2v) is 3.41. The SMILES string of the molecule is C[C-](C)C.[CH2-]C(=O)Nc1ccccc1.[V+2]. The van der Waals surface area contributed by atoms with Gasteiger partial charge in [-0.05, 0) is 12.1 Å². The van der Waals surface area contributed by atoms with Crippen molar-refractivity contribution in [1.29, 1.82) is 0 Å². The maximum Gasteiger partial charge on any atom is 2.00 e. The number of benzene rings is 1. The number of carbonyl (C=O) groups excluding carboxylic acids is 1. The van der Waals surface area contributed by atoms with Crippen molar-refractivity contribution in [2.45, 2.75) is 20.8 Å². The summed E-state index contributed by atoms with van der Waals surface area (Å²) in [5.41, 5.74) is 0.780. The van der Waals surface area contributed by atoms with Gasteiger partial charge in [0.25, 0.3) is 0 Å². The molecule has 1 N–H and O–H groups in total. The van der Waals surface area contributed by atoms with E-state index in [0.29, 0.717) is 0 Å². The van der Waals surface area contributed by atoms with Gasteiger partial charge in [-0.15, -0.1) is 0 Å². The molecule has 0 unspecified atom stereocenters. The van der Waals surface area contributed by atoms with Gasteiger partial charge < -0.3 is 23.0 Å². The second kappa shape index (κ2) is 9.69. The molecule has 0 spiro atoms. The predicted octanol–water partition coefficient (Wildman–Crippen LogP) is 3.08. The van der Waals surface area contributed by atoms with E-state index in [9.17, 15) is 4.79 Å². The number of rotatable bonds is 1. The topological polar surface area (TPSA) is 29.1 Å². The summed E-state index contributed by atoms with van der Waals surface area (Å²) in [4.78, 5) is 10.4. The molecule has 0 atom stereocenters. The molecule has 0 saturated carbocycles. The molecule has 2 nitrogen and oxygen atoms in total. The van der Waals surface area contributed by atoms with E-state index in [0.717, 1.165) is 5.69 Å². The van der Waals surface area contributed by atoms with Gasteiger partial charge in [-0.1, -0.05) is 18.2 Å². The van der Waals surface area contributed by atoms with Crippen LogP contribution in [0.5, 0.6) is 0 Å². The molecule has 0 aromatic heterocycles. The third kappa shape index (κ3) is 13.1. The van der Waals surface area contributed by atoms with Gasteiger partial charge in [0.05, 0.1) is 5.91 Å². The molecule has 0 aliphatic rings. The molecule has 1 aromatic carbocycles. The Morgan fingerprint density at radius 3 is 1.93 bits per heavy atom. The van der Waals surface area contributed by atoms with E-state index in [2.05, 4.69) is 33.0 Å². The van der Waals surface area contributed by atoms with Gasteiger partial charge >= 0.3 is 18.6 Å². The molecule has 1 radical (unpaired) electrons. The smallest absolute Gasteiger partial charge is 0.351 e. The molecule has 0 aliphatic heterocycles. The summed E-state index contributed by atoms with van der Waals surface area (Å²) in [6.45, 7) is 9.43. The average Bonchev–Trinajstić information content (AvgIpc) is 2.03. The van der Waals surface area contributed by atoms with Crippen LogP contribution in [-0.2, 0) is 23.4 Å². The fraction of sp³-hybridized carbons (Fsp3) is 0.250. The number of nitrogens with one attached hydrogen (secondary N) is 1. The average molecular weight is 242 g/mol. The van der Waals surface area contributed by atoms with Crippen molar-refractivity contribution in [2.75, 3.05) is 5.32 Å². The van der Waals surface area contributed by atoms with Crippen LogP contribution < -0.4 is 5.32 Å². The number of hydrogen-bond acceptors (Lipinski definition) is 1. The van der Waals surface area contributed by atoms with E-state index < -0.39 is 0 Å². The van der Waals surface area contributed by atoms with Crippen LogP contribution in [0.3, 0.4) is 0 Å². The Bertz CT molecular complexity index is 257. The van der Waals surface area contributed by atoms with Gasteiger partial charge in [-0.25, -0.2) is 0 Å². The maximum absolute atomic E-state index is 10.4. The Balaban J connectivity index is 0. The van der Waals surface area contributed by atoms with Crippen molar-refractivity contribution in [3.05, 3.63) is 43.2 Å². The zero-order valence-electron chi connectivity index (χ0n) is 9.45. The van der Waals surface area contributed by atoms with E-state index in [1.807, 2.05) is 30.3 Å². The van der Waals surface area contributed by atoms with E-state index in [1.54, 1.807) is 0 Å². The quantitative estimate of drug-likeness (QED) is 0.753. The third-order valence-corrected chi connectivity index (χ3v) is 1.06. The van der Waals surface area contributed by atoms with Crippen molar-refractivity contribution in [3.63, 3.8) is 0 Å². The predicted molar refractivity (Wildman–Crippen MR) is 60.7 cm³/mol. The molecule has 1 rings (SSSR count). The minimum atomic E-state index is -0.286. The third-order valence-electron chi connectivity index (χ3n) is 1.06. The Morgan fingerprint density at radius 2 is 1.60 bits per heavy atom. The van der Waals surface area contributed by atoms with Crippen LogP contribution in [0.15, 0.2) is 30.3 Å². The summed E-state index contributed by atoms with van der Waals surface area (Å²) < 4.78 is 0. The van der Waals surface area contributed by atoms with Crippen molar-refractivity contribution >= 4 is 11.6 Å². The fourth-order valence-electron chi connectivity index (χ4n) is 0.682. The summed E-state index contributed by atoms with van der Waals surface area (Å²) in [7, 11) is 0. The first-order chi connectivity index (χ1) is 6.52. The Hall–Kier alpha value is -0.856. The van der Waals surface area contributed by atoms with E-state index in [-0.39, 0.29) is 24.5 Å². The summed E-state index contributed by atoms with van der Waals surface area (Å²) in [5.74, 6) is 1.13. The maximum atomic E-state index is 10.4. The van der Waals surface area contributed by atoms with Crippen molar-refractivity contribution in [1.82, 2.24) is 0 Å². The molecular weight excluding hydrogens is 225 g/mol. The number of hydrogen-bond donors (Lipinski definition) is 1. The standard InChI is InChI=1S/C8H8NO.C4H9.V/c1-7(10)9-8-5-3-2-4-6-8;1-4(2)3;/h2-6H,1H2,(H,9,10);1-3H3;/q2*-1;+2. The first kappa shape index (κ1) is 16.6.